The summed E-state index contributed by atoms with van der Waals surface area (Å²) in [6.07, 6.45) is 11.0. The highest BCUT2D eigenvalue weighted by atomic mass is 16.5. The van der Waals surface area contributed by atoms with Crippen molar-refractivity contribution in [1.29, 1.82) is 0 Å². The van der Waals surface area contributed by atoms with Crippen LogP contribution in [0.5, 0.6) is 5.75 Å². The molecule has 2 saturated heterocycles. The van der Waals surface area contributed by atoms with Crippen LogP contribution in [0, 0.1) is 12.8 Å². The van der Waals surface area contributed by atoms with Gasteiger partial charge in [-0.1, -0.05) is 72.3 Å². The molecule has 0 radical (unpaired) electrons. The number of hydrogen-bond acceptors (Lipinski definition) is 3. The highest BCUT2D eigenvalue weighted by Gasteiger charge is 2.39. The van der Waals surface area contributed by atoms with Crippen molar-refractivity contribution in [2.24, 2.45) is 5.92 Å². The number of aromatic nitrogens is 1. The van der Waals surface area contributed by atoms with E-state index in [1.807, 2.05) is 30.5 Å². The molecule has 3 atom stereocenters. The Morgan fingerprint density at radius 2 is 1.68 bits per heavy atom. The zero-order chi connectivity index (χ0) is 28.2. The van der Waals surface area contributed by atoms with E-state index in [1.54, 1.807) is 7.11 Å². The van der Waals surface area contributed by atoms with Crippen molar-refractivity contribution >= 4 is 16.8 Å². The quantitative estimate of drug-likeness (QED) is 0.216. The maximum Gasteiger partial charge on any atom is 0.253 e. The first-order valence-corrected chi connectivity index (χ1v) is 15.4. The zero-order valence-electron chi connectivity index (χ0n) is 24.5. The molecule has 5 heteroatoms. The topological polar surface area (TPSA) is 46.5 Å². The number of aryl methyl sites for hydroxylation is 3. The molecule has 3 aromatic carbocycles. The number of nitrogens with zero attached hydrogens (tertiary/aromatic N) is 2. The monoisotopic (exact) mass is 549 g/mol. The lowest BCUT2D eigenvalue weighted by Crippen LogP contribution is -2.43. The van der Waals surface area contributed by atoms with Crippen LogP contribution >= 0.6 is 0 Å². The molecule has 0 saturated carbocycles. The minimum Gasteiger partial charge on any atom is -0.495 e. The number of hydrogen-bond donors (Lipinski definition) is 1. The van der Waals surface area contributed by atoms with E-state index in [0.29, 0.717) is 12.1 Å². The van der Waals surface area contributed by atoms with Crippen LogP contribution in [0.15, 0.2) is 79.0 Å². The summed E-state index contributed by atoms with van der Waals surface area (Å²) >= 11 is 0. The first-order valence-electron chi connectivity index (χ1n) is 15.4. The van der Waals surface area contributed by atoms with Gasteiger partial charge in [0.25, 0.3) is 5.91 Å². The number of piperidine rings is 1. The van der Waals surface area contributed by atoms with E-state index in [-0.39, 0.29) is 5.91 Å². The molecule has 2 fully saturated rings. The van der Waals surface area contributed by atoms with E-state index in [0.717, 1.165) is 59.7 Å². The fraction of sp³-hybridized carbons (Fsp3) is 0.417. The van der Waals surface area contributed by atoms with Crippen LogP contribution in [0.4, 0.5) is 0 Å². The van der Waals surface area contributed by atoms with E-state index in [1.165, 1.54) is 49.7 Å². The van der Waals surface area contributed by atoms with Crippen LogP contribution in [0.3, 0.4) is 0 Å². The molecule has 1 amide bonds. The van der Waals surface area contributed by atoms with E-state index in [9.17, 15) is 4.79 Å². The van der Waals surface area contributed by atoms with Crippen LogP contribution in [-0.2, 0) is 19.5 Å². The highest BCUT2D eigenvalue weighted by Crippen LogP contribution is 2.40. The Hall–Kier alpha value is -3.57. The Kier molecular flexibility index (Phi) is 8.43. The maximum absolute atomic E-state index is 13.3. The maximum atomic E-state index is 13.3. The number of nitrogens with one attached hydrogen (secondary N) is 1. The minimum absolute atomic E-state index is 0.0425. The second-order valence-corrected chi connectivity index (χ2v) is 12.1. The molecule has 2 aliphatic heterocycles. The molecule has 1 N–H and O–H groups in total. The number of para-hydroxylation sites is 1. The molecular weight excluding hydrogens is 506 g/mol. The molecule has 6 rings (SSSR count). The van der Waals surface area contributed by atoms with Gasteiger partial charge >= 0.3 is 0 Å². The van der Waals surface area contributed by atoms with E-state index in [4.69, 9.17) is 4.74 Å². The van der Waals surface area contributed by atoms with Crippen molar-refractivity contribution in [3.8, 4) is 5.75 Å². The Morgan fingerprint density at radius 1 is 0.927 bits per heavy atom. The standard InChI is InChI=1S/C36H43N3O2/c1-26-9-6-12-29(21-26)24-37-36(40)33-25-38(35-32(33)13-7-14-34(35)41-2)19-8-20-39-30-17-18-31(39)23-28(22-30)16-15-27-10-4-3-5-11-27/h3-7,9-14,21,25,28,30-31H,8,15-20,22-24H2,1-2H3,(H,37,40)/t28-,30+,31-. The van der Waals surface area contributed by atoms with E-state index >= 15 is 0 Å². The fourth-order valence-corrected chi connectivity index (χ4v) is 7.37. The number of benzene rings is 3. The lowest BCUT2D eigenvalue weighted by atomic mass is 9.86. The predicted molar refractivity (Wildman–Crippen MR) is 166 cm³/mol. The summed E-state index contributed by atoms with van der Waals surface area (Å²) in [6, 6.07) is 26.7. The average Bonchev–Trinajstić information content (AvgIpc) is 3.48. The number of fused-ring (bicyclic) bond motifs is 3. The summed E-state index contributed by atoms with van der Waals surface area (Å²) in [4.78, 5) is 16.1. The predicted octanol–water partition coefficient (Wildman–Crippen LogP) is 7.15. The van der Waals surface area contributed by atoms with Gasteiger partial charge < -0.3 is 14.6 Å². The van der Waals surface area contributed by atoms with Crippen molar-refractivity contribution in [1.82, 2.24) is 14.8 Å². The average molecular weight is 550 g/mol. The number of rotatable bonds is 11. The van der Waals surface area contributed by atoms with Gasteiger partial charge in [0.2, 0.25) is 0 Å². The molecule has 2 bridgehead atoms. The molecule has 0 unspecified atom stereocenters. The van der Waals surface area contributed by atoms with Gasteiger partial charge in [0.05, 0.1) is 18.2 Å². The van der Waals surface area contributed by atoms with Crippen molar-refractivity contribution in [2.45, 2.75) is 77.0 Å². The number of ether oxygens (including phenoxy) is 1. The smallest absolute Gasteiger partial charge is 0.253 e. The van der Waals surface area contributed by atoms with Gasteiger partial charge in [0, 0.05) is 43.3 Å². The van der Waals surface area contributed by atoms with Crippen LogP contribution < -0.4 is 10.1 Å². The largest absolute Gasteiger partial charge is 0.495 e. The third-order valence-corrected chi connectivity index (χ3v) is 9.34. The van der Waals surface area contributed by atoms with Gasteiger partial charge in [-0.25, -0.2) is 0 Å². The lowest BCUT2D eigenvalue weighted by molar-refractivity contribution is 0.0952. The van der Waals surface area contributed by atoms with Gasteiger partial charge in [-0.3, -0.25) is 9.69 Å². The summed E-state index contributed by atoms with van der Waals surface area (Å²) < 4.78 is 7.99. The molecule has 214 valence electrons. The molecule has 41 heavy (non-hydrogen) atoms. The molecule has 2 aliphatic rings. The summed E-state index contributed by atoms with van der Waals surface area (Å²) in [6.45, 7) is 4.58. The third-order valence-electron chi connectivity index (χ3n) is 9.34. The summed E-state index contributed by atoms with van der Waals surface area (Å²) in [7, 11) is 1.71. The van der Waals surface area contributed by atoms with Gasteiger partial charge in [0.15, 0.2) is 0 Å². The van der Waals surface area contributed by atoms with Crippen molar-refractivity contribution in [3.63, 3.8) is 0 Å². The van der Waals surface area contributed by atoms with Gasteiger partial charge in [0.1, 0.15) is 5.75 Å². The molecule has 0 aliphatic carbocycles. The summed E-state index contributed by atoms with van der Waals surface area (Å²) in [5.41, 5.74) is 5.50. The number of carbonyl (C=O) groups excluding carboxylic acids is 1. The minimum atomic E-state index is -0.0425. The molecule has 0 spiro atoms. The first-order chi connectivity index (χ1) is 20.1. The van der Waals surface area contributed by atoms with Crippen LogP contribution in [0.1, 0.15) is 65.6 Å². The third kappa shape index (κ3) is 6.20. The van der Waals surface area contributed by atoms with E-state index < -0.39 is 0 Å². The molecular formula is C36H43N3O2. The first kappa shape index (κ1) is 27.6. The highest BCUT2D eigenvalue weighted by molar-refractivity contribution is 6.08. The summed E-state index contributed by atoms with van der Waals surface area (Å²) in [5, 5.41) is 4.09. The second kappa shape index (κ2) is 12.5. The Bertz CT molecular complexity index is 1460. The zero-order valence-corrected chi connectivity index (χ0v) is 24.5. The number of methoxy groups -OCH3 is 1. The van der Waals surface area contributed by atoms with Crippen molar-refractivity contribution in [3.05, 3.63) is 101 Å². The van der Waals surface area contributed by atoms with Crippen molar-refractivity contribution in [2.75, 3.05) is 13.7 Å². The lowest BCUT2D eigenvalue weighted by Gasteiger charge is -2.39. The van der Waals surface area contributed by atoms with Crippen LogP contribution in [0.25, 0.3) is 10.9 Å². The Labute approximate surface area is 244 Å². The van der Waals surface area contributed by atoms with Gasteiger partial charge in [-0.2, -0.15) is 0 Å². The fourth-order valence-electron chi connectivity index (χ4n) is 7.37. The SMILES string of the molecule is COc1cccc2c(C(=O)NCc3cccc(C)c3)cn(CCCN3[C@@H]4CC[C@H]3C[C@@H](CCc3ccccc3)C4)c12. The number of carbonyl (C=O) groups is 1. The van der Waals surface area contributed by atoms with Gasteiger partial charge in [-0.05, 0) is 75.0 Å². The molecule has 5 nitrogen and oxygen atoms in total. The molecule has 3 heterocycles. The van der Waals surface area contributed by atoms with Crippen LogP contribution in [-0.4, -0.2) is 41.1 Å². The van der Waals surface area contributed by atoms with Crippen molar-refractivity contribution < 1.29 is 9.53 Å². The normalized spacial score (nSPS) is 20.4. The van der Waals surface area contributed by atoms with Crippen LogP contribution in [0.2, 0.25) is 0 Å². The number of amides is 1. The van der Waals surface area contributed by atoms with E-state index in [2.05, 4.69) is 70.2 Å². The van der Waals surface area contributed by atoms with Gasteiger partial charge in [-0.15, -0.1) is 0 Å². The Morgan fingerprint density at radius 3 is 2.44 bits per heavy atom. The Balaban J connectivity index is 1.09. The summed E-state index contributed by atoms with van der Waals surface area (Å²) in [5.74, 6) is 1.63. The molecule has 4 aromatic rings. The second-order valence-electron chi connectivity index (χ2n) is 12.1. The molecule has 1 aromatic heterocycles.